The first kappa shape index (κ1) is 11.6. The third-order valence-corrected chi connectivity index (χ3v) is 2.43. The number of hydrogen-bond acceptors (Lipinski definition) is 1. The maximum atomic E-state index is 11.2. The van der Waals surface area contributed by atoms with Gasteiger partial charge in [0.15, 0.2) is 0 Å². The minimum Gasteiger partial charge on any atom is -0.872 e. The van der Waals surface area contributed by atoms with E-state index in [9.17, 15) is 5.11 Å². The molecule has 0 saturated carbocycles. The largest absolute Gasteiger partial charge is 1.00 e. The van der Waals surface area contributed by atoms with Crippen LogP contribution in [0.3, 0.4) is 0 Å². The molecule has 0 aliphatic carbocycles. The van der Waals surface area contributed by atoms with Crippen molar-refractivity contribution >= 4 is 0 Å². The van der Waals surface area contributed by atoms with Gasteiger partial charge in [0.05, 0.1) is 0 Å². The van der Waals surface area contributed by atoms with Crippen LogP contribution < -0.4 is 24.0 Å². The van der Waals surface area contributed by atoms with E-state index in [1.54, 1.807) is 6.07 Å². The topological polar surface area (TPSA) is 23.1 Å². The van der Waals surface area contributed by atoms with Gasteiger partial charge in [0.25, 0.3) is 0 Å². The molecule has 0 fully saturated rings. The molecule has 0 spiro atoms. The van der Waals surface area contributed by atoms with Crippen LogP contribution in [-0.4, -0.2) is 0 Å². The fourth-order valence-electron chi connectivity index (χ4n) is 1.17. The summed E-state index contributed by atoms with van der Waals surface area (Å²) in [5.74, 6) is 0.158. The van der Waals surface area contributed by atoms with Crippen molar-refractivity contribution in [3.63, 3.8) is 0 Å². The van der Waals surface area contributed by atoms with Crippen LogP contribution >= 0.6 is 0 Å². The minimum absolute atomic E-state index is 0. The fraction of sp³-hybridized carbons (Fsp3) is 0.400. The van der Waals surface area contributed by atoms with E-state index in [0.717, 1.165) is 16.7 Å². The van der Waals surface area contributed by atoms with Crippen LogP contribution in [0.2, 0.25) is 0 Å². The van der Waals surface area contributed by atoms with Crippen molar-refractivity contribution in [3.8, 4) is 5.75 Å². The first-order valence-electron chi connectivity index (χ1n) is 3.78. The molecule has 0 radical (unpaired) electrons. The zero-order valence-electron chi connectivity index (χ0n) is 8.49. The van der Waals surface area contributed by atoms with Crippen LogP contribution in [0.4, 0.5) is 0 Å². The molecule has 0 aliphatic heterocycles. The third-order valence-electron chi connectivity index (χ3n) is 2.43. The Balaban J connectivity index is 0.00000121. The average Bonchev–Trinajstić information content (AvgIpc) is 1.97. The summed E-state index contributed by atoms with van der Waals surface area (Å²) in [6, 6.07) is 1.71. The Labute approximate surface area is 86.0 Å². The van der Waals surface area contributed by atoms with E-state index >= 15 is 0 Å². The smallest absolute Gasteiger partial charge is 0.872 e. The molecule has 1 rings (SSSR count). The second kappa shape index (κ2) is 4.03. The Morgan fingerprint density at radius 2 is 1.42 bits per heavy atom. The summed E-state index contributed by atoms with van der Waals surface area (Å²) < 4.78 is 0. The van der Waals surface area contributed by atoms with Gasteiger partial charge in [-0.05, 0) is 44.4 Å². The maximum Gasteiger partial charge on any atom is 1.00 e. The summed E-state index contributed by atoms with van der Waals surface area (Å²) in [5.41, 5.74) is 4.35. The second-order valence-electron chi connectivity index (χ2n) is 3.07. The van der Waals surface area contributed by atoms with Crippen molar-refractivity contribution in [2.75, 3.05) is 0 Å². The van der Waals surface area contributed by atoms with E-state index in [1.165, 1.54) is 5.56 Å². The SMILES string of the molecule is Cc1cc([O-])c(C)c(C)c1C.[Li+]. The predicted octanol–water partition coefficient (Wildman–Crippen LogP) is -1.00. The average molecular weight is 156 g/mol. The van der Waals surface area contributed by atoms with Crippen molar-refractivity contribution < 1.29 is 24.0 Å². The van der Waals surface area contributed by atoms with Gasteiger partial charge in [0.1, 0.15) is 0 Å². The zero-order valence-corrected chi connectivity index (χ0v) is 8.49. The molecule has 1 aromatic rings. The monoisotopic (exact) mass is 156 g/mol. The summed E-state index contributed by atoms with van der Waals surface area (Å²) in [6.45, 7) is 7.91. The molecule has 0 saturated heterocycles. The molecule has 0 atom stereocenters. The molecular formula is C10H13LiO. The van der Waals surface area contributed by atoms with Crippen LogP contribution in [0.15, 0.2) is 6.07 Å². The van der Waals surface area contributed by atoms with Crippen LogP contribution in [0.5, 0.6) is 5.75 Å². The number of aryl methyl sites for hydroxylation is 1. The molecule has 1 nitrogen and oxygen atoms in total. The van der Waals surface area contributed by atoms with Gasteiger partial charge in [-0.25, -0.2) is 0 Å². The molecule has 0 aliphatic rings. The van der Waals surface area contributed by atoms with Gasteiger partial charge < -0.3 is 5.11 Å². The van der Waals surface area contributed by atoms with Gasteiger partial charge in [-0.15, -0.1) is 5.75 Å². The molecule has 1 aromatic carbocycles. The van der Waals surface area contributed by atoms with E-state index in [-0.39, 0.29) is 24.6 Å². The standard InChI is InChI=1S/C10H14O.Li/c1-6-5-10(11)9(4)8(3)7(6)2;/h5,11H,1-4H3;/q;+1/p-1. The van der Waals surface area contributed by atoms with Crippen molar-refractivity contribution in [1.82, 2.24) is 0 Å². The van der Waals surface area contributed by atoms with E-state index < -0.39 is 0 Å². The summed E-state index contributed by atoms with van der Waals surface area (Å²) in [4.78, 5) is 0. The van der Waals surface area contributed by atoms with Crippen molar-refractivity contribution in [3.05, 3.63) is 28.3 Å². The van der Waals surface area contributed by atoms with Crippen molar-refractivity contribution in [1.29, 1.82) is 0 Å². The predicted molar refractivity (Wildman–Crippen MR) is 44.8 cm³/mol. The summed E-state index contributed by atoms with van der Waals surface area (Å²) >= 11 is 0. The molecule has 2 heteroatoms. The molecule has 0 amide bonds. The molecule has 12 heavy (non-hydrogen) atoms. The van der Waals surface area contributed by atoms with Crippen LogP contribution in [0.25, 0.3) is 0 Å². The van der Waals surface area contributed by atoms with E-state index in [1.807, 2.05) is 20.8 Å². The van der Waals surface area contributed by atoms with Gasteiger partial charge >= 0.3 is 18.9 Å². The summed E-state index contributed by atoms with van der Waals surface area (Å²) in [6.07, 6.45) is 0. The number of rotatable bonds is 0. The van der Waals surface area contributed by atoms with Crippen LogP contribution in [0, 0.1) is 27.7 Å². The van der Waals surface area contributed by atoms with Gasteiger partial charge in [-0.2, -0.15) is 0 Å². The fourth-order valence-corrected chi connectivity index (χ4v) is 1.17. The Bertz CT molecular complexity index is 266. The third kappa shape index (κ3) is 1.86. The molecule has 60 valence electrons. The van der Waals surface area contributed by atoms with Crippen LogP contribution in [-0.2, 0) is 0 Å². The maximum absolute atomic E-state index is 11.2. The number of benzene rings is 1. The first-order chi connectivity index (χ1) is 5.04. The second-order valence-corrected chi connectivity index (χ2v) is 3.07. The quantitative estimate of drug-likeness (QED) is 0.442. The van der Waals surface area contributed by atoms with Crippen molar-refractivity contribution in [2.45, 2.75) is 27.7 Å². The van der Waals surface area contributed by atoms with Gasteiger partial charge in [0, 0.05) is 0 Å². The molecule has 0 N–H and O–H groups in total. The van der Waals surface area contributed by atoms with Crippen LogP contribution in [0.1, 0.15) is 22.3 Å². The Kier molecular flexibility index (Phi) is 3.90. The molecule has 0 unspecified atom stereocenters. The van der Waals surface area contributed by atoms with E-state index in [4.69, 9.17) is 0 Å². The normalized spacial score (nSPS) is 9.33. The van der Waals surface area contributed by atoms with E-state index in [0.29, 0.717) is 0 Å². The minimum atomic E-state index is 0. The zero-order chi connectivity index (χ0) is 8.59. The van der Waals surface area contributed by atoms with Gasteiger partial charge in [0.2, 0.25) is 0 Å². The Hall–Kier alpha value is -0.383. The summed E-state index contributed by atoms with van der Waals surface area (Å²) in [7, 11) is 0. The first-order valence-corrected chi connectivity index (χ1v) is 3.78. The van der Waals surface area contributed by atoms with Crippen molar-refractivity contribution in [2.24, 2.45) is 0 Å². The molecule has 0 bridgehead atoms. The Morgan fingerprint density at radius 1 is 0.917 bits per heavy atom. The van der Waals surface area contributed by atoms with Gasteiger partial charge in [-0.1, -0.05) is 11.6 Å². The molecule has 0 heterocycles. The summed E-state index contributed by atoms with van der Waals surface area (Å²) in [5, 5.41) is 11.2. The Morgan fingerprint density at radius 3 is 1.92 bits per heavy atom. The molecular weight excluding hydrogens is 143 g/mol. The number of hydrogen-bond donors (Lipinski definition) is 0. The molecule has 0 aromatic heterocycles. The van der Waals surface area contributed by atoms with Gasteiger partial charge in [-0.3, -0.25) is 0 Å². The van der Waals surface area contributed by atoms with E-state index in [2.05, 4.69) is 6.92 Å².